The van der Waals surface area contributed by atoms with Crippen LogP contribution in [0.3, 0.4) is 0 Å². The Hall–Kier alpha value is -2.86. The van der Waals surface area contributed by atoms with Gasteiger partial charge < -0.3 is 19.7 Å². The highest BCUT2D eigenvalue weighted by Crippen LogP contribution is 2.16. The first-order valence-corrected chi connectivity index (χ1v) is 9.60. The van der Waals surface area contributed by atoms with E-state index in [-0.39, 0.29) is 17.9 Å². The number of benzene rings is 2. The Morgan fingerprint density at radius 3 is 2.61 bits per heavy atom. The smallest absolute Gasteiger partial charge is 0.254 e. The van der Waals surface area contributed by atoms with Gasteiger partial charge in [-0.25, -0.2) is 0 Å². The molecular weight excluding hydrogens is 356 g/mol. The Labute approximate surface area is 165 Å². The van der Waals surface area contributed by atoms with E-state index in [2.05, 4.69) is 5.32 Å². The molecule has 6 nitrogen and oxygen atoms in total. The van der Waals surface area contributed by atoms with Gasteiger partial charge in [-0.2, -0.15) is 0 Å². The molecule has 1 N–H and O–H groups in total. The van der Waals surface area contributed by atoms with E-state index in [1.165, 1.54) is 0 Å². The van der Waals surface area contributed by atoms with Crippen molar-refractivity contribution in [3.8, 4) is 5.75 Å². The van der Waals surface area contributed by atoms with Gasteiger partial charge in [-0.3, -0.25) is 9.59 Å². The van der Waals surface area contributed by atoms with Gasteiger partial charge in [0, 0.05) is 24.2 Å². The van der Waals surface area contributed by atoms with Gasteiger partial charge in [0.15, 0.2) is 0 Å². The standard InChI is InChI=1S/C22H26N2O4/c1-17-16-27-15-13-24(17)22(26)18-9-11-19(12-10-18)23-21(25)8-5-14-28-20-6-3-2-4-7-20/h2-4,6-7,9-12,17H,5,8,13-16H2,1H3,(H,23,25). The van der Waals surface area contributed by atoms with E-state index in [1.54, 1.807) is 24.3 Å². The van der Waals surface area contributed by atoms with Gasteiger partial charge in [0.05, 0.1) is 25.9 Å². The minimum atomic E-state index is -0.0717. The summed E-state index contributed by atoms with van der Waals surface area (Å²) in [4.78, 5) is 26.5. The molecular formula is C22H26N2O4. The van der Waals surface area contributed by atoms with Crippen molar-refractivity contribution in [2.75, 3.05) is 31.7 Å². The number of nitrogens with one attached hydrogen (secondary N) is 1. The van der Waals surface area contributed by atoms with Crippen molar-refractivity contribution in [3.63, 3.8) is 0 Å². The Kier molecular flexibility index (Phi) is 7.03. The van der Waals surface area contributed by atoms with Crippen LogP contribution in [0.5, 0.6) is 5.75 Å². The average molecular weight is 382 g/mol. The molecule has 0 aliphatic carbocycles. The maximum Gasteiger partial charge on any atom is 0.254 e. The molecule has 0 spiro atoms. The molecule has 0 aromatic heterocycles. The van der Waals surface area contributed by atoms with Crippen molar-refractivity contribution in [2.45, 2.75) is 25.8 Å². The number of morpholine rings is 1. The molecule has 2 aromatic rings. The molecule has 28 heavy (non-hydrogen) atoms. The van der Waals surface area contributed by atoms with Crippen LogP contribution in [0.15, 0.2) is 54.6 Å². The number of hydrogen-bond donors (Lipinski definition) is 1. The molecule has 0 radical (unpaired) electrons. The number of nitrogens with zero attached hydrogens (tertiary/aromatic N) is 1. The molecule has 1 unspecified atom stereocenters. The van der Waals surface area contributed by atoms with Crippen molar-refractivity contribution >= 4 is 17.5 Å². The third kappa shape index (κ3) is 5.57. The van der Waals surface area contributed by atoms with Crippen LogP contribution in [-0.2, 0) is 9.53 Å². The van der Waals surface area contributed by atoms with Gasteiger partial charge in [0.2, 0.25) is 5.91 Å². The highest BCUT2D eigenvalue weighted by molar-refractivity contribution is 5.96. The fourth-order valence-electron chi connectivity index (χ4n) is 3.05. The Balaban J connectivity index is 1.43. The van der Waals surface area contributed by atoms with Crippen molar-refractivity contribution in [1.82, 2.24) is 4.90 Å². The zero-order valence-corrected chi connectivity index (χ0v) is 16.1. The number of hydrogen-bond acceptors (Lipinski definition) is 4. The maximum absolute atomic E-state index is 12.6. The molecule has 2 aromatic carbocycles. The quantitative estimate of drug-likeness (QED) is 0.746. The SMILES string of the molecule is CC1COCCN1C(=O)c1ccc(NC(=O)CCCOc2ccccc2)cc1. The predicted octanol–water partition coefficient (Wildman–Crippen LogP) is 3.35. The maximum atomic E-state index is 12.6. The molecule has 148 valence electrons. The zero-order valence-electron chi connectivity index (χ0n) is 16.1. The van der Waals surface area contributed by atoms with Gasteiger partial charge in [-0.1, -0.05) is 18.2 Å². The highest BCUT2D eigenvalue weighted by atomic mass is 16.5. The van der Waals surface area contributed by atoms with Crippen molar-refractivity contribution in [3.05, 3.63) is 60.2 Å². The third-order valence-corrected chi connectivity index (χ3v) is 4.60. The highest BCUT2D eigenvalue weighted by Gasteiger charge is 2.24. The van der Waals surface area contributed by atoms with Crippen molar-refractivity contribution < 1.29 is 19.1 Å². The minimum Gasteiger partial charge on any atom is -0.494 e. The van der Waals surface area contributed by atoms with E-state index in [4.69, 9.17) is 9.47 Å². The molecule has 6 heteroatoms. The van der Waals surface area contributed by atoms with Crippen LogP contribution in [0.25, 0.3) is 0 Å². The number of para-hydroxylation sites is 1. The molecule has 1 atom stereocenters. The summed E-state index contributed by atoms with van der Waals surface area (Å²) in [6.07, 6.45) is 1.00. The summed E-state index contributed by atoms with van der Waals surface area (Å²) in [5, 5.41) is 2.86. The lowest BCUT2D eigenvalue weighted by atomic mass is 10.1. The lowest BCUT2D eigenvalue weighted by Crippen LogP contribution is -2.47. The Morgan fingerprint density at radius 1 is 1.14 bits per heavy atom. The van der Waals surface area contributed by atoms with E-state index in [0.29, 0.717) is 50.5 Å². The van der Waals surface area contributed by atoms with E-state index < -0.39 is 0 Å². The summed E-state index contributed by atoms with van der Waals surface area (Å²) >= 11 is 0. The summed E-state index contributed by atoms with van der Waals surface area (Å²) in [5.41, 5.74) is 1.29. The average Bonchev–Trinajstić information content (AvgIpc) is 2.72. The van der Waals surface area contributed by atoms with Crippen LogP contribution in [-0.4, -0.2) is 49.1 Å². The minimum absolute atomic E-state index is 0.00765. The van der Waals surface area contributed by atoms with Crippen LogP contribution >= 0.6 is 0 Å². The molecule has 2 amide bonds. The second-order valence-corrected chi connectivity index (χ2v) is 6.81. The fourth-order valence-corrected chi connectivity index (χ4v) is 3.05. The van der Waals surface area contributed by atoms with E-state index >= 15 is 0 Å². The molecule has 1 aliphatic heterocycles. The van der Waals surface area contributed by atoms with E-state index in [0.717, 1.165) is 5.75 Å². The molecule has 3 rings (SSSR count). The van der Waals surface area contributed by atoms with Crippen molar-refractivity contribution in [1.29, 1.82) is 0 Å². The van der Waals surface area contributed by atoms with Crippen LogP contribution in [0, 0.1) is 0 Å². The summed E-state index contributed by atoms with van der Waals surface area (Å²) in [7, 11) is 0. The van der Waals surface area contributed by atoms with Crippen LogP contribution in [0.2, 0.25) is 0 Å². The van der Waals surface area contributed by atoms with Gasteiger partial charge >= 0.3 is 0 Å². The van der Waals surface area contributed by atoms with Gasteiger partial charge in [0.1, 0.15) is 5.75 Å². The molecule has 1 heterocycles. The predicted molar refractivity (Wildman–Crippen MR) is 108 cm³/mol. The summed E-state index contributed by atoms with van der Waals surface area (Å²) in [5.74, 6) is 0.724. The second kappa shape index (κ2) is 9.90. The Bertz CT molecular complexity index is 777. The number of amides is 2. The monoisotopic (exact) mass is 382 g/mol. The van der Waals surface area contributed by atoms with E-state index in [1.807, 2.05) is 42.2 Å². The Morgan fingerprint density at radius 2 is 1.89 bits per heavy atom. The first-order chi connectivity index (χ1) is 13.6. The van der Waals surface area contributed by atoms with Gasteiger partial charge in [-0.05, 0) is 49.7 Å². The van der Waals surface area contributed by atoms with Crippen molar-refractivity contribution in [2.24, 2.45) is 0 Å². The molecule has 0 bridgehead atoms. The van der Waals surface area contributed by atoms with E-state index in [9.17, 15) is 9.59 Å². The topological polar surface area (TPSA) is 67.9 Å². The van der Waals surface area contributed by atoms with Crippen LogP contribution in [0.4, 0.5) is 5.69 Å². The van der Waals surface area contributed by atoms with Gasteiger partial charge in [0.25, 0.3) is 5.91 Å². The lowest BCUT2D eigenvalue weighted by Gasteiger charge is -2.33. The first kappa shape index (κ1) is 19.9. The van der Waals surface area contributed by atoms with Crippen LogP contribution < -0.4 is 10.1 Å². The molecule has 1 aliphatic rings. The third-order valence-electron chi connectivity index (χ3n) is 4.60. The molecule has 0 saturated carbocycles. The summed E-state index contributed by atoms with van der Waals surface area (Å²) in [6, 6.07) is 16.6. The normalized spacial score (nSPS) is 16.5. The number of rotatable bonds is 7. The fraction of sp³-hybridized carbons (Fsp3) is 0.364. The lowest BCUT2D eigenvalue weighted by molar-refractivity contribution is -0.116. The molecule has 1 saturated heterocycles. The number of carbonyl (C=O) groups is 2. The number of carbonyl (C=O) groups excluding carboxylic acids is 2. The summed E-state index contributed by atoms with van der Waals surface area (Å²) in [6.45, 7) is 4.20. The zero-order chi connectivity index (χ0) is 19.8. The van der Waals surface area contributed by atoms with Gasteiger partial charge in [-0.15, -0.1) is 0 Å². The molecule has 1 fully saturated rings. The largest absolute Gasteiger partial charge is 0.494 e. The summed E-state index contributed by atoms with van der Waals surface area (Å²) < 4.78 is 11.0. The van der Waals surface area contributed by atoms with Crippen LogP contribution in [0.1, 0.15) is 30.1 Å². The number of anilines is 1. The second-order valence-electron chi connectivity index (χ2n) is 6.81. The first-order valence-electron chi connectivity index (χ1n) is 9.60. The number of ether oxygens (including phenoxy) is 2.